The number of aliphatic carboxylic acids is 1. The van der Waals surface area contributed by atoms with E-state index in [9.17, 15) is 23.2 Å². The van der Waals surface area contributed by atoms with E-state index >= 15 is 0 Å². The quantitative estimate of drug-likeness (QED) is 0.486. The summed E-state index contributed by atoms with van der Waals surface area (Å²) in [6.45, 7) is 0.909. The number of alkyl carbamates (subject to hydrolysis) is 1. The molecule has 1 aliphatic rings. The van der Waals surface area contributed by atoms with E-state index in [1.165, 1.54) is 14.0 Å². The average Bonchev–Trinajstić information content (AvgIpc) is 3.10. The average molecular weight is 476 g/mol. The highest BCUT2D eigenvalue weighted by Crippen LogP contribution is 2.44. The van der Waals surface area contributed by atoms with E-state index < -0.39 is 42.4 Å². The number of fused-ring (bicyclic) bond motifs is 3. The Morgan fingerprint density at radius 1 is 1.06 bits per heavy atom. The molecule has 8 nitrogen and oxygen atoms in total. The van der Waals surface area contributed by atoms with Gasteiger partial charge in [0.15, 0.2) is 0 Å². The Balaban J connectivity index is 1.69. The highest BCUT2D eigenvalue weighted by molar-refractivity contribution is 5.90. The number of benzene rings is 2. The van der Waals surface area contributed by atoms with Crippen LogP contribution in [-0.2, 0) is 19.1 Å². The van der Waals surface area contributed by atoms with Gasteiger partial charge in [0, 0.05) is 13.0 Å². The van der Waals surface area contributed by atoms with Crippen LogP contribution in [0.25, 0.3) is 11.1 Å². The number of ether oxygens (including phenoxy) is 2. The van der Waals surface area contributed by atoms with Crippen LogP contribution in [0.3, 0.4) is 0 Å². The number of halogens is 2. The van der Waals surface area contributed by atoms with Crippen LogP contribution in [0.1, 0.15) is 30.4 Å². The SMILES string of the molecule is COCC(C)(NC(=O)OCC1c2ccccc2-c2ccccc21)C(=O)NC(CC(=O)O)C(F)F. The molecule has 3 rings (SSSR count). The monoisotopic (exact) mass is 476 g/mol. The minimum atomic E-state index is -3.11. The van der Waals surface area contributed by atoms with Crippen LogP contribution in [0, 0.1) is 0 Å². The first-order chi connectivity index (χ1) is 16.2. The number of methoxy groups -OCH3 is 1. The molecule has 0 heterocycles. The van der Waals surface area contributed by atoms with Gasteiger partial charge in [0.25, 0.3) is 6.43 Å². The standard InChI is InChI=1S/C24H26F2N2O6/c1-24(13-33-2,22(31)27-19(21(25)26)11-20(29)30)28-23(32)34-12-18-16-9-5-3-7-14(16)15-8-4-6-10-17(15)18/h3-10,18-19,21H,11-13H2,1-2H3,(H,27,31)(H,28,32)(H,29,30). The van der Waals surface area contributed by atoms with Crippen molar-refractivity contribution in [2.75, 3.05) is 20.3 Å². The molecule has 34 heavy (non-hydrogen) atoms. The number of alkyl halides is 2. The van der Waals surface area contributed by atoms with E-state index in [2.05, 4.69) is 5.32 Å². The first-order valence-electron chi connectivity index (χ1n) is 10.6. The van der Waals surface area contributed by atoms with E-state index in [1.54, 1.807) is 0 Å². The van der Waals surface area contributed by atoms with Gasteiger partial charge in [-0.1, -0.05) is 48.5 Å². The van der Waals surface area contributed by atoms with E-state index in [1.807, 2.05) is 53.8 Å². The second-order valence-corrected chi connectivity index (χ2v) is 8.23. The maximum Gasteiger partial charge on any atom is 0.408 e. The van der Waals surface area contributed by atoms with Crippen LogP contribution < -0.4 is 10.6 Å². The summed E-state index contributed by atoms with van der Waals surface area (Å²) in [5.41, 5.74) is 2.33. The predicted molar refractivity (Wildman–Crippen MR) is 119 cm³/mol. The summed E-state index contributed by atoms with van der Waals surface area (Å²) in [6.07, 6.45) is -5.03. The molecule has 2 atom stereocenters. The van der Waals surface area contributed by atoms with Gasteiger partial charge in [0.2, 0.25) is 5.91 Å². The molecule has 0 saturated heterocycles. The summed E-state index contributed by atoms with van der Waals surface area (Å²) in [5.74, 6) is -2.72. The predicted octanol–water partition coefficient (Wildman–Crippen LogP) is 3.15. The van der Waals surface area contributed by atoms with Crippen molar-refractivity contribution in [3.05, 3.63) is 59.7 Å². The number of carbonyl (C=O) groups is 3. The molecule has 2 unspecified atom stereocenters. The van der Waals surface area contributed by atoms with Crippen molar-refractivity contribution in [2.24, 2.45) is 0 Å². The molecular weight excluding hydrogens is 450 g/mol. The Hall–Kier alpha value is -3.53. The molecule has 1 aliphatic carbocycles. The van der Waals surface area contributed by atoms with Crippen LogP contribution in [-0.4, -0.2) is 61.4 Å². The van der Waals surface area contributed by atoms with Crippen molar-refractivity contribution in [3.8, 4) is 11.1 Å². The lowest BCUT2D eigenvalue weighted by molar-refractivity contribution is -0.139. The van der Waals surface area contributed by atoms with Gasteiger partial charge >= 0.3 is 12.1 Å². The lowest BCUT2D eigenvalue weighted by Gasteiger charge is -2.30. The molecule has 0 radical (unpaired) electrons. The van der Waals surface area contributed by atoms with Gasteiger partial charge in [-0.2, -0.15) is 0 Å². The summed E-state index contributed by atoms with van der Waals surface area (Å²) >= 11 is 0. The number of carbonyl (C=O) groups excluding carboxylic acids is 2. The van der Waals surface area contributed by atoms with Crippen molar-refractivity contribution in [3.63, 3.8) is 0 Å². The fourth-order valence-corrected chi connectivity index (χ4v) is 4.03. The molecular formula is C24H26F2N2O6. The van der Waals surface area contributed by atoms with Crippen LogP contribution >= 0.6 is 0 Å². The Morgan fingerprint density at radius 3 is 2.12 bits per heavy atom. The van der Waals surface area contributed by atoms with Gasteiger partial charge in [0.1, 0.15) is 18.2 Å². The van der Waals surface area contributed by atoms with Gasteiger partial charge in [-0.15, -0.1) is 0 Å². The number of rotatable bonds is 10. The Morgan fingerprint density at radius 2 is 1.62 bits per heavy atom. The topological polar surface area (TPSA) is 114 Å². The number of amides is 2. The van der Waals surface area contributed by atoms with Gasteiger partial charge in [-0.3, -0.25) is 9.59 Å². The maximum absolute atomic E-state index is 13.2. The van der Waals surface area contributed by atoms with E-state index in [0.717, 1.165) is 22.3 Å². The number of carboxylic acid groups (broad SMARTS) is 1. The normalized spacial score (nSPS) is 15.1. The molecule has 0 spiro atoms. The van der Waals surface area contributed by atoms with Gasteiger partial charge in [-0.05, 0) is 29.2 Å². The van der Waals surface area contributed by atoms with Crippen molar-refractivity contribution >= 4 is 18.0 Å². The van der Waals surface area contributed by atoms with Gasteiger partial charge in [0.05, 0.1) is 13.0 Å². The third kappa shape index (κ3) is 5.51. The first kappa shape index (κ1) is 25.1. The Labute approximate surface area is 195 Å². The van der Waals surface area contributed by atoms with Crippen LogP contribution in [0.4, 0.5) is 13.6 Å². The third-order valence-corrected chi connectivity index (χ3v) is 5.67. The highest BCUT2D eigenvalue weighted by Gasteiger charge is 2.39. The first-order valence-corrected chi connectivity index (χ1v) is 10.6. The fraction of sp³-hybridized carbons (Fsp3) is 0.375. The summed E-state index contributed by atoms with van der Waals surface area (Å²) < 4.78 is 36.8. The van der Waals surface area contributed by atoms with Crippen molar-refractivity contribution in [2.45, 2.75) is 37.3 Å². The number of hydrogen-bond acceptors (Lipinski definition) is 5. The van der Waals surface area contributed by atoms with Gasteiger partial charge < -0.3 is 25.2 Å². The molecule has 0 bridgehead atoms. The molecule has 10 heteroatoms. The zero-order chi connectivity index (χ0) is 24.9. The number of hydrogen-bond donors (Lipinski definition) is 3. The summed E-state index contributed by atoms with van der Waals surface area (Å²) in [4.78, 5) is 36.1. The smallest absolute Gasteiger partial charge is 0.408 e. The highest BCUT2D eigenvalue weighted by atomic mass is 19.3. The van der Waals surface area contributed by atoms with Crippen LogP contribution in [0.5, 0.6) is 0 Å². The maximum atomic E-state index is 13.2. The molecule has 0 aromatic heterocycles. The molecule has 2 amide bonds. The Bertz CT molecular complexity index is 1020. The number of nitrogens with one attached hydrogen (secondary N) is 2. The summed E-state index contributed by atoms with van der Waals surface area (Å²) in [5, 5.41) is 13.2. The lowest BCUT2D eigenvalue weighted by atomic mass is 9.98. The van der Waals surface area contributed by atoms with Crippen LogP contribution in [0.15, 0.2) is 48.5 Å². The van der Waals surface area contributed by atoms with E-state index in [4.69, 9.17) is 14.6 Å². The third-order valence-electron chi connectivity index (χ3n) is 5.67. The number of carboxylic acids is 1. The van der Waals surface area contributed by atoms with Gasteiger partial charge in [-0.25, -0.2) is 13.6 Å². The lowest BCUT2D eigenvalue weighted by Crippen LogP contribution is -2.62. The largest absolute Gasteiger partial charge is 0.481 e. The van der Waals surface area contributed by atoms with Crippen molar-refractivity contribution in [1.82, 2.24) is 10.6 Å². The second kappa shape index (κ2) is 10.6. The Kier molecular flexibility index (Phi) is 7.83. The van der Waals surface area contributed by atoms with E-state index in [-0.39, 0.29) is 19.1 Å². The van der Waals surface area contributed by atoms with Crippen molar-refractivity contribution < 1.29 is 37.7 Å². The summed E-state index contributed by atoms with van der Waals surface area (Å²) in [7, 11) is 1.27. The fourth-order valence-electron chi connectivity index (χ4n) is 4.03. The molecule has 0 aliphatic heterocycles. The molecule has 2 aromatic carbocycles. The molecule has 3 N–H and O–H groups in total. The minimum Gasteiger partial charge on any atom is -0.481 e. The molecule has 0 fully saturated rings. The molecule has 182 valence electrons. The minimum absolute atomic E-state index is 0.0107. The zero-order valence-electron chi connectivity index (χ0n) is 18.7. The van der Waals surface area contributed by atoms with E-state index in [0.29, 0.717) is 0 Å². The molecule has 0 saturated carbocycles. The molecule has 2 aromatic rings. The van der Waals surface area contributed by atoms with Crippen LogP contribution in [0.2, 0.25) is 0 Å². The second-order valence-electron chi connectivity index (χ2n) is 8.23. The zero-order valence-corrected chi connectivity index (χ0v) is 18.7. The summed E-state index contributed by atoms with van der Waals surface area (Å²) in [6, 6.07) is 13.6. The van der Waals surface area contributed by atoms with Crippen molar-refractivity contribution in [1.29, 1.82) is 0 Å².